The van der Waals surface area contributed by atoms with Gasteiger partial charge in [-0.15, -0.1) is 0 Å². The molecule has 9 nitrogen and oxygen atoms in total. The van der Waals surface area contributed by atoms with Crippen LogP contribution in [-0.4, -0.2) is 87.4 Å². The number of carboxylic acids is 1. The fraction of sp³-hybridized carbons (Fsp3) is 0.779. The van der Waals surface area contributed by atoms with Gasteiger partial charge in [-0.2, -0.15) is 0 Å². The Hall–Kier alpha value is -3.27. The third-order valence-corrected chi connectivity index (χ3v) is 13.9. The molecular weight excluding hydrogens is 959 g/mol. The molecule has 2 unspecified atom stereocenters. The molecule has 446 valence electrons. The Kier molecular flexibility index (Phi) is 56.4. The fourth-order valence-corrected chi connectivity index (χ4v) is 9.04. The van der Waals surface area contributed by atoms with Gasteiger partial charge in [0.05, 0.1) is 34.4 Å². The van der Waals surface area contributed by atoms with Gasteiger partial charge in [0, 0.05) is 12.8 Å². The number of likely N-dealkylation sites (N-methyl/N-ethyl adjacent to an activating group) is 1. The lowest BCUT2D eigenvalue weighted by molar-refractivity contribution is -0.870. The Balaban J connectivity index is 4.16. The van der Waals surface area contributed by atoms with Crippen molar-refractivity contribution in [2.45, 2.75) is 296 Å². The van der Waals surface area contributed by atoms with E-state index in [9.17, 15) is 19.5 Å². The van der Waals surface area contributed by atoms with Gasteiger partial charge in [-0.25, -0.2) is 4.79 Å². The zero-order valence-corrected chi connectivity index (χ0v) is 50.9. The highest BCUT2D eigenvalue weighted by atomic mass is 16.7. The van der Waals surface area contributed by atoms with Crippen molar-refractivity contribution in [2.24, 2.45) is 0 Å². The fourth-order valence-electron chi connectivity index (χ4n) is 9.04. The smallest absolute Gasteiger partial charge is 0.361 e. The summed E-state index contributed by atoms with van der Waals surface area (Å²) in [5.74, 6) is -2.00. The van der Waals surface area contributed by atoms with Gasteiger partial charge in [-0.05, 0) is 83.5 Å². The lowest BCUT2D eigenvalue weighted by atomic mass is 10.0. The molecule has 9 heteroatoms. The number of allylic oxidation sites excluding steroid dienone is 12. The Labute approximate surface area is 475 Å². The maximum atomic E-state index is 12.9. The number of rotatable bonds is 59. The van der Waals surface area contributed by atoms with Crippen molar-refractivity contribution in [3.8, 4) is 0 Å². The van der Waals surface area contributed by atoms with E-state index in [4.69, 9.17) is 18.9 Å². The van der Waals surface area contributed by atoms with E-state index >= 15 is 0 Å². The topological polar surface area (TPSA) is 108 Å². The van der Waals surface area contributed by atoms with Crippen LogP contribution in [0, 0.1) is 0 Å². The Morgan fingerprint density at radius 3 is 1.10 bits per heavy atom. The molecule has 0 aliphatic heterocycles. The van der Waals surface area contributed by atoms with Gasteiger partial charge in [-0.1, -0.05) is 260 Å². The van der Waals surface area contributed by atoms with Crippen LogP contribution in [0.15, 0.2) is 72.9 Å². The molecule has 0 rings (SSSR count). The second kappa shape index (κ2) is 58.9. The van der Waals surface area contributed by atoms with Crippen LogP contribution in [-0.2, 0) is 33.3 Å². The maximum absolute atomic E-state index is 12.9. The van der Waals surface area contributed by atoms with E-state index in [0.29, 0.717) is 17.4 Å². The van der Waals surface area contributed by atoms with Crippen molar-refractivity contribution in [1.29, 1.82) is 0 Å². The van der Waals surface area contributed by atoms with E-state index in [0.717, 1.165) is 70.6 Å². The molecule has 0 aliphatic carbocycles. The van der Waals surface area contributed by atoms with Crippen LogP contribution in [0.1, 0.15) is 284 Å². The summed E-state index contributed by atoms with van der Waals surface area (Å²) in [6.45, 7) is 4.78. The number of esters is 2. The molecule has 0 saturated carbocycles. The SMILES string of the molecule is CC/C=C\C/C=C\C/C=C\C/C=C\CCCCCCCCCCCCCCC(=O)OC(COC(=O)CCCCCCCCCCCCCCCCC/C=C\C/C=C\CCCCCCC)COC(OCC[N+](C)(C)C)C(=O)O. The molecule has 0 fully saturated rings. The average molecular weight is 1080 g/mol. The van der Waals surface area contributed by atoms with E-state index in [1.165, 1.54) is 186 Å². The van der Waals surface area contributed by atoms with E-state index in [2.05, 4.69) is 86.8 Å². The number of carboxylic acid groups (broad SMARTS) is 1. The second-order valence-electron chi connectivity index (χ2n) is 22.7. The number of nitrogens with zero attached hydrogens (tertiary/aromatic N) is 1. The van der Waals surface area contributed by atoms with Gasteiger partial charge < -0.3 is 28.5 Å². The highest BCUT2D eigenvalue weighted by Gasteiger charge is 2.25. The molecule has 0 radical (unpaired) electrons. The number of carbonyl (C=O) groups excluding carboxylic acids is 2. The quantitative estimate of drug-likeness (QED) is 0.0211. The second-order valence-corrected chi connectivity index (χ2v) is 22.7. The van der Waals surface area contributed by atoms with Gasteiger partial charge in [0.2, 0.25) is 0 Å². The van der Waals surface area contributed by atoms with Crippen molar-refractivity contribution in [3.63, 3.8) is 0 Å². The third-order valence-electron chi connectivity index (χ3n) is 13.9. The Morgan fingerprint density at radius 2 is 0.740 bits per heavy atom. The van der Waals surface area contributed by atoms with Crippen molar-refractivity contribution >= 4 is 17.9 Å². The van der Waals surface area contributed by atoms with Crippen LogP contribution in [0.4, 0.5) is 0 Å². The van der Waals surface area contributed by atoms with Crippen LogP contribution < -0.4 is 0 Å². The lowest BCUT2D eigenvalue weighted by Crippen LogP contribution is -2.40. The van der Waals surface area contributed by atoms with Gasteiger partial charge in [-0.3, -0.25) is 9.59 Å². The minimum Gasteiger partial charge on any atom is -0.477 e. The molecule has 77 heavy (non-hydrogen) atoms. The van der Waals surface area contributed by atoms with Crippen molar-refractivity contribution in [3.05, 3.63) is 72.9 Å². The number of quaternary nitrogens is 1. The molecule has 0 spiro atoms. The standard InChI is InChI=1S/C68H121NO8/c1-6-8-10-12-14-16-18-20-22-24-26-28-30-32-33-35-36-38-40-42-44-46-48-50-52-54-56-58-65(70)75-62-64(63-76-68(67(72)73)74-61-60-69(3,4)5)77-66(71)59-57-55-53-51-49-47-45-43-41-39-37-34-31-29-27-25-23-21-19-17-15-13-11-9-7-2/h9,11,15,17-18,20-21,23-24,26-27,29,64,68H,6-8,10,12-14,16,19,22,25,28,30-63H2,1-5H3/p+1/b11-9-,17-15-,20-18-,23-21-,26-24-,29-27-. The molecule has 0 bridgehead atoms. The zero-order valence-electron chi connectivity index (χ0n) is 50.9. The third kappa shape index (κ3) is 60.2. The maximum Gasteiger partial charge on any atom is 0.361 e. The Bertz CT molecular complexity index is 1490. The molecule has 2 atom stereocenters. The molecule has 0 saturated heterocycles. The summed E-state index contributed by atoms with van der Waals surface area (Å²) >= 11 is 0. The molecule has 0 aromatic rings. The number of unbranched alkanes of at least 4 members (excludes halogenated alkanes) is 32. The molecule has 0 aliphatic rings. The van der Waals surface area contributed by atoms with Gasteiger partial charge >= 0.3 is 17.9 Å². The van der Waals surface area contributed by atoms with Crippen LogP contribution in [0.2, 0.25) is 0 Å². The predicted octanol–water partition coefficient (Wildman–Crippen LogP) is 19.4. The summed E-state index contributed by atoms with van der Waals surface area (Å²) in [5, 5.41) is 9.73. The van der Waals surface area contributed by atoms with Gasteiger partial charge in [0.25, 0.3) is 6.29 Å². The molecule has 1 N–H and O–H groups in total. The normalized spacial score (nSPS) is 13.2. The summed E-state index contributed by atoms with van der Waals surface area (Å²) in [6.07, 6.45) is 74.2. The minimum absolute atomic E-state index is 0.183. The first kappa shape index (κ1) is 73.7. The lowest BCUT2D eigenvalue weighted by Gasteiger charge is -2.25. The van der Waals surface area contributed by atoms with E-state index in [1.807, 2.05) is 21.1 Å². The molecular formula is C68H122NO8+. The summed E-state index contributed by atoms with van der Waals surface area (Å²) in [6, 6.07) is 0. The summed E-state index contributed by atoms with van der Waals surface area (Å²) < 4.78 is 23.0. The number of aliphatic carboxylic acids is 1. The van der Waals surface area contributed by atoms with Crippen molar-refractivity contribution < 1.29 is 42.9 Å². The van der Waals surface area contributed by atoms with E-state index in [1.54, 1.807) is 0 Å². The molecule has 0 heterocycles. The summed E-state index contributed by atoms with van der Waals surface area (Å²) in [5.41, 5.74) is 0. The first-order chi connectivity index (χ1) is 37.6. The van der Waals surface area contributed by atoms with Crippen LogP contribution in [0.5, 0.6) is 0 Å². The average Bonchev–Trinajstić information content (AvgIpc) is 3.40. The zero-order chi connectivity index (χ0) is 56.2. The van der Waals surface area contributed by atoms with Crippen LogP contribution in [0.25, 0.3) is 0 Å². The minimum atomic E-state index is -1.51. The van der Waals surface area contributed by atoms with E-state index in [-0.39, 0.29) is 32.2 Å². The first-order valence-corrected chi connectivity index (χ1v) is 32.1. The number of hydrogen-bond donors (Lipinski definition) is 1. The first-order valence-electron chi connectivity index (χ1n) is 32.1. The largest absolute Gasteiger partial charge is 0.477 e. The number of ether oxygens (including phenoxy) is 4. The van der Waals surface area contributed by atoms with Crippen molar-refractivity contribution in [1.82, 2.24) is 0 Å². The summed E-state index contributed by atoms with van der Waals surface area (Å²) in [4.78, 5) is 37.5. The van der Waals surface area contributed by atoms with Crippen LogP contribution in [0.3, 0.4) is 0 Å². The van der Waals surface area contributed by atoms with Gasteiger partial charge in [0.15, 0.2) is 6.10 Å². The number of carbonyl (C=O) groups is 3. The van der Waals surface area contributed by atoms with E-state index < -0.39 is 24.3 Å². The molecule has 0 aromatic carbocycles. The highest BCUT2D eigenvalue weighted by Crippen LogP contribution is 2.17. The number of hydrogen-bond acceptors (Lipinski definition) is 7. The molecule has 0 aromatic heterocycles. The van der Waals surface area contributed by atoms with Gasteiger partial charge in [0.1, 0.15) is 13.2 Å². The Morgan fingerprint density at radius 1 is 0.403 bits per heavy atom. The molecule has 0 amide bonds. The monoisotopic (exact) mass is 1080 g/mol. The highest BCUT2D eigenvalue weighted by molar-refractivity contribution is 5.71. The summed E-state index contributed by atoms with van der Waals surface area (Å²) in [7, 11) is 5.98. The van der Waals surface area contributed by atoms with Crippen molar-refractivity contribution in [2.75, 3.05) is 47.5 Å². The predicted molar refractivity (Wildman–Crippen MR) is 327 cm³/mol. The van der Waals surface area contributed by atoms with Crippen LogP contribution >= 0.6 is 0 Å².